The quantitative estimate of drug-likeness (QED) is 0.377. The van der Waals surface area contributed by atoms with Crippen molar-refractivity contribution < 1.29 is 26.6 Å². The molecule has 0 aromatic rings. The average molecular weight is 387 g/mol. The normalized spacial score (nSPS) is 12.8. The second kappa shape index (κ2) is 13.8. The molecule has 0 fully saturated rings. The van der Waals surface area contributed by atoms with E-state index in [1.54, 1.807) is 11.2 Å². The van der Waals surface area contributed by atoms with E-state index in [0.29, 0.717) is 39.6 Å². The summed E-state index contributed by atoms with van der Waals surface area (Å²) in [7, 11) is -5.32. The molecule has 0 saturated heterocycles. The highest BCUT2D eigenvalue weighted by Crippen LogP contribution is 2.28. The minimum absolute atomic E-state index is 0.574. The van der Waals surface area contributed by atoms with E-state index < -0.39 is 16.8 Å². The van der Waals surface area contributed by atoms with E-state index in [-0.39, 0.29) is 0 Å². The SMILES string of the molecule is CCO[Si](CCS[Si](OCC)(OCC)OCC)(OCC)OCC. The Morgan fingerprint density at radius 2 is 0.913 bits per heavy atom. The molecule has 0 aromatic carbocycles. The molecule has 0 aliphatic rings. The van der Waals surface area contributed by atoms with Gasteiger partial charge in [0.05, 0.1) is 0 Å². The maximum absolute atomic E-state index is 5.88. The minimum Gasteiger partial charge on any atom is -0.374 e. The first-order valence-corrected chi connectivity index (χ1v) is 13.9. The molecule has 6 nitrogen and oxygen atoms in total. The Balaban J connectivity index is 4.82. The fourth-order valence-electron chi connectivity index (χ4n) is 2.08. The van der Waals surface area contributed by atoms with Crippen molar-refractivity contribution in [1.29, 1.82) is 0 Å². The van der Waals surface area contributed by atoms with Crippen molar-refractivity contribution in [2.45, 2.75) is 47.6 Å². The Kier molecular flexibility index (Phi) is 14.1. The summed E-state index contributed by atoms with van der Waals surface area (Å²) in [6, 6.07) is 0.717. The van der Waals surface area contributed by atoms with E-state index in [1.165, 1.54) is 0 Å². The van der Waals surface area contributed by atoms with Crippen LogP contribution in [-0.2, 0) is 26.6 Å². The largest absolute Gasteiger partial charge is 0.573 e. The summed E-state index contributed by atoms with van der Waals surface area (Å²) in [5.74, 6) is 0.762. The van der Waals surface area contributed by atoms with Crippen LogP contribution < -0.4 is 0 Å². The number of hydrogen-bond acceptors (Lipinski definition) is 7. The predicted molar refractivity (Wildman–Crippen MR) is 98.5 cm³/mol. The van der Waals surface area contributed by atoms with Gasteiger partial charge in [0.15, 0.2) is 0 Å². The molecule has 0 unspecified atom stereocenters. The topological polar surface area (TPSA) is 55.4 Å². The molecule has 0 atom stereocenters. The van der Waals surface area contributed by atoms with Gasteiger partial charge in [-0.15, -0.1) is 0 Å². The molecular formula is C14H34O6SSi2. The van der Waals surface area contributed by atoms with Gasteiger partial charge in [-0.1, -0.05) is 11.2 Å². The van der Waals surface area contributed by atoms with Crippen LogP contribution in [0, 0.1) is 0 Å². The molecule has 140 valence electrons. The van der Waals surface area contributed by atoms with E-state index in [4.69, 9.17) is 26.6 Å². The molecule has 0 aliphatic heterocycles. The maximum atomic E-state index is 5.88. The van der Waals surface area contributed by atoms with Crippen LogP contribution in [0.15, 0.2) is 0 Å². The van der Waals surface area contributed by atoms with Crippen LogP contribution in [0.1, 0.15) is 41.5 Å². The first-order valence-electron chi connectivity index (χ1n) is 8.55. The van der Waals surface area contributed by atoms with Crippen molar-refractivity contribution >= 4 is 28.0 Å². The van der Waals surface area contributed by atoms with Gasteiger partial charge in [-0.2, -0.15) is 0 Å². The van der Waals surface area contributed by atoms with Gasteiger partial charge in [-0.3, -0.25) is 0 Å². The van der Waals surface area contributed by atoms with E-state index in [0.717, 1.165) is 11.8 Å². The first-order chi connectivity index (χ1) is 11.1. The summed E-state index contributed by atoms with van der Waals surface area (Å²) in [5, 5.41) is 0. The van der Waals surface area contributed by atoms with Gasteiger partial charge in [0.2, 0.25) is 0 Å². The fraction of sp³-hybridized carbons (Fsp3) is 1.00. The molecule has 0 aliphatic carbocycles. The van der Waals surface area contributed by atoms with Gasteiger partial charge in [0.1, 0.15) is 0 Å². The van der Waals surface area contributed by atoms with E-state index in [2.05, 4.69) is 0 Å². The molecule has 0 bridgehead atoms. The van der Waals surface area contributed by atoms with Gasteiger partial charge < -0.3 is 26.6 Å². The second-order valence-electron chi connectivity index (χ2n) is 4.38. The Morgan fingerprint density at radius 1 is 0.565 bits per heavy atom. The van der Waals surface area contributed by atoms with Crippen LogP contribution in [0.4, 0.5) is 0 Å². The second-order valence-corrected chi connectivity index (χ2v) is 12.0. The van der Waals surface area contributed by atoms with Gasteiger partial charge in [0.25, 0.3) is 0 Å². The summed E-state index contributed by atoms with van der Waals surface area (Å²) in [6.07, 6.45) is 0. The molecule has 9 heteroatoms. The lowest BCUT2D eigenvalue weighted by molar-refractivity contribution is 0.0728. The molecule has 0 spiro atoms. The zero-order chi connectivity index (χ0) is 17.6. The Labute approximate surface area is 147 Å². The Bertz CT molecular complexity index is 226. The van der Waals surface area contributed by atoms with Crippen molar-refractivity contribution in [3.63, 3.8) is 0 Å². The predicted octanol–water partition coefficient (Wildman–Crippen LogP) is 3.31. The highest BCUT2D eigenvalue weighted by atomic mass is 32.4. The van der Waals surface area contributed by atoms with Gasteiger partial charge in [-0.25, -0.2) is 0 Å². The third kappa shape index (κ3) is 8.98. The zero-order valence-electron chi connectivity index (χ0n) is 15.5. The van der Waals surface area contributed by atoms with Crippen LogP contribution in [0.3, 0.4) is 0 Å². The van der Waals surface area contributed by atoms with Crippen molar-refractivity contribution in [1.82, 2.24) is 0 Å². The van der Waals surface area contributed by atoms with Crippen LogP contribution in [0.25, 0.3) is 0 Å². The highest BCUT2D eigenvalue weighted by Gasteiger charge is 2.45. The van der Waals surface area contributed by atoms with Gasteiger partial charge >= 0.3 is 16.8 Å². The zero-order valence-corrected chi connectivity index (χ0v) is 18.3. The van der Waals surface area contributed by atoms with Crippen molar-refractivity contribution in [2.75, 3.05) is 45.4 Å². The monoisotopic (exact) mass is 386 g/mol. The van der Waals surface area contributed by atoms with Crippen LogP contribution in [0.5, 0.6) is 0 Å². The molecule has 23 heavy (non-hydrogen) atoms. The summed E-state index contributed by atoms with van der Waals surface area (Å²) in [5.41, 5.74) is 0. The third-order valence-corrected chi connectivity index (χ3v) is 11.6. The maximum Gasteiger partial charge on any atom is 0.573 e. The molecule has 0 heterocycles. The Morgan fingerprint density at radius 3 is 1.22 bits per heavy atom. The summed E-state index contributed by atoms with van der Waals surface area (Å²) >= 11 is 1.61. The first kappa shape index (κ1) is 23.5. The number of rotatable bonds is 16. The van der Waals surface area contributed by atoms with Crippen LogP contribution in [-0.4, -0.2) is 62.2 Å². The van der Waals surface area contributed by atoms with Gasteiger partial charge in [0, 0.05) is 45.7 Å². The van der Waals surface area contributed by atoms with Crippen molar-refractivity contribution in [2.24, 2.45) is 0 Å². The van der Waals surface area contributed by atoms with Crippen LogP contribution >= 0.6 is 11.2 Å². The summed E-state index contributed by atoms with van der Waals surface area (Å²) in [6.45, 7) is 15.2. The van der Waals surface area contributed by atoms with Crippen molar-refractivity contribution in [3.05, 3.63) is 0 Å². The molecule has 0 radical (unpaired) electrons. The smallest absolute Gasteiger partial charge is 0.374 e. The summed E-state index contributed by atoms with van der Waals surface area (Å²) in [4.78, 5) is 0. The Hall–Kier alpha value is 0.544. The molecule has 0 rings (SSSR count). The average Bonchev–Trinajstić information content (AvgIpc) is 2.49. The highest BCUT2D eigenvalue weighted by molar-refractivity contribution is 8.26. The van der Waals surface area contributed by atoms with Gasteiger partial charge in [-0.05, 0) is 47.3 Å². The lowest BCUT2D eigenvalue weighted by Crippen LogP contribution is -2.48. The van der Waals surface area contributed by atoms with E-state index in [9.17, 15) is 0 Å². The molecular weight excluding hydrogens is 352 g/mol. The van der Waals surface area contributed by atoms with E-state index in [1.807, 2.05) is 41.5 Å². The molecule has 0 amide bonds. The standard InChI is InChI=1S/C14H34O6SSi2/c1-7-15-22(16-8-2,17-9-3)14-13-21-23(18-10-4,19-11-5)20-12-6/h7-14H2,1-6H3. The molecule has 0 aromatic heterocycles. The minimum atomic E-state index is -2.69. The lowest BCUT2D eigenvalue weighted by Gasteiger charge is -2.30. The third-order valence-electron chi connectivity index (χ3n) is 2.74. The molecule has 0 N–H and O–H groups in total. The number of hydrogen-bond donors (Lipinski definition) is 0. The van der Waals surface area contributed by atoms with Crippen molar-refractivity contribution in [3.8, 4) is 0 Å². The van der Waals surface area contributed by atoms with E-state index >= 15 is 0 Å². The lowest BCUT2D eigenvalue weighted by atomic mass is 10.9. The van der Waals surface area contributed by atoms with Crippen LogP contribution in [0.2, 0.25) is 6.04 Å². The fourth-order valence-corrected chi connectivity index (χ4v) is 10.8. The molecule has 0 saturated carbocycles. The summed E-state index contributed by atoms with van der Waals surface area (Å²) < 4.78 is 35.2.